The zero-order valence-corrected chi connectivity index (χ0v) is 15.9. The Morgan fingerprint density at radius 2 is 1.85 bits per heavy atom. The minimum absolute atomic E-state index is 0.107. The van der Waals surface area contributed by atoms with Crippen LogP contribution >= 0.6 is 23.2 Å². The number of nitriles is 1. The molecule has 134 valence electrons. The molecule has 0 aromatic heterocycles. The van der Waals surface area contributed by atoms with Crippen LogP contribution in [-0.4, -0.2) is 20.1 Å². The lowest BCUT2D eigenvalue weighted by Gasteiger charge is -2.11. The fourth-order valence-corrected chi connectivity index (χ4v) is 2.64. The van der Waals surface area contributed by atoms with Crippen molar-refractivity contribution in [1.29, 1.82) is 5.26 Å². The van der Waals surface area contributed by atoms with Crippen LogP contribution in [0.15, 0.2) is 35.9 Å². The number of methoxy groups -OCH3 is 2. The van der Waals surface area contributed by atoms with Gasteiger partial charge in [-0.3, -0.25) is 4.79 Å². The first-order valence-corrected chi connectivity index (χ1v) is 8.26. The summed E-state index contributed by atoms with van der Waals surface area (Å²) >= 11 is 12.1. The Morgan fingerprint density at radius 1 is 1.15 bits per heavy atom. The van der Waals surface area contributed by atoms with Crippen molar-refractivity contribution in [3.63, 3.8) is 0 Å². The third-order valence-electron chi connectivity index (χ3n) is 3.62. The Bertz CT molecular complexity index is 918. The molecule has 0 aliphatic heterocycles. The summed E-state index contributed by atoms with van der Waals surface area (Å²) in [6, 6.07) is 10.2. The minimum Gasteiger partial charge on any atom is -0.496 e. The van der Waals surface area contributed by atoms with Gasteiger partial charge in [0.15, 0.2) is 0 Å². The van der Waals surface area contributed by atoms with E-state index in [2.05, 4.69) is 5.32 Å². The number of amides is 1. The van der Waals surface area contributed by atoms with Gasteiger partial charge in [-0.25, -0.2) is 0 Å². The molecule has 0 bridgehead atoms. The van der Waals surface area contributed by atoms with Crippen molar-refractivity contribution in [1.82, 2.24) is 0 Å². The highest BCUT2D eigenvalue weighted by Crippen LogP contribution is 2.33. The molecule has 1 N–H and O–H groups in total. The smallest absolute Gasteiger partial charge is 0.266 e. The summed E-state index contributed by atoms with van der Waals surface area (Å²) in [6.07, 6.45) is 1.40. The summed E-state index contributed by atoms with van der Waals surface area (Å²) in [7, 11) is 2.96. The SMILES string of the molecule is COc1cc(OC)c(/C=C(\C#N)C(=O)Nc2cc(Cl)ccc2C)cc1Cl. The van der Waals surface area contributed by atoms with Crippen LogP contribution in [0.1, 0.15) is 11.1 Å². The van der Waals surface area contributed by atoms with Crippen molar-refractivity contribution in [2.24, 2.45) is 0 Å². The van der Waals surface area contributed by atoms with Gasteiger partial charge in [-0.1, -0.05) is 29.3 Å². The van der Waals surface area contributed by atoms with Crippen molar-refractivity contribution >= 4 is 40.9 Å². The molecular formula is C19H16Cl2N2O3. The van der Waals surface area contributed by atoms with Gasteiger partial charge < -0.3 is 14.8 Å². The number of carbonyl (C=O) groups excluding carboxylic acids is 1. The number of benzene rings is 2. The minimum atomic E-state index is -0.563. The van der Waals surface area contributed by atoms with Gasteiger partial charge in [0.2, 0.25) is 0 Å². The predicted molar refractivity (Wildman–Crippen MR) is 103 cm³/mol. The molecule has 5 nitrogen and oxygen atoms in total. The second-order valence-electron chi connectivity index (χ2n) is 5.31. The first-order valence-electron chi connectivity index (χ1n) is 7.50. The molecule has 0 saturated carbocycles. The van der Waals surface area contributed by atoms with Crippen LogP contribution in [0.5, 0.6) is 11.5 Å². The summed E-state index contributed by atoms with van der Waals surface area (Å²) in [5, 5.41) is 12.9. The van der Waals surface area contributed by atoms with Crippen molar-refractivity contribution in [2.45, 2.75) is 6.92 Å². The van der Waals surface area contributed by atoms with E-state index in [4.69, 9.17) is 32.7 Å². The maximum Gasteiger partial charge on any atom is 0.266 e. The van der Waals surface area contributed by atoms with Crippen molar-refractivity contribution < 1.29 is 14.3 Å². The zero-order chi connectivity index (χ0) is 19.3. The normalized spacial score (nSPS) is 10.8. The summed E-state index contributed by atoms with van der Waals surface area (Å²) in [5.41, 5.74) is 1.73. The topological polar surface area (TPSA) is 71.3 Å². The molecule has 26 heavy (non-hydrogen) atoms. The van der Waals surface area contributed by atoms with Gasteiger partial charge in [-0.05, 0) is 36.8 Å². The van der Waals surface area contributed by atoms with Gasteiger partial charge >= 0.3 is 0 Å². The summed E-state index contributed by atoms with van der Waals surface area (Å²) in [4.78, 5) is 12.5. The third-order valence-corrected chi connectivity index (χ3v) is 4.15. The lowest BCUT2D eigenvalue weighted by atomic mass is 10.1. The average molecular weight is 391 g/mol. The highest BCUT2D eigenvalue weighted by molar-refractivity contribution is 6.32. The van der Waals surface area contributed by atoms with Gasteiger partial charge in [0.05, 0.1) is 19.2 Å². The van der Waals surface area contributed by atoms with Gasteiger partial charge in [0, 0.05) is 22.3 Å². The standard InChI is InChI=1S/C19H16Cl2N2O3/c1-11-4-5-14(20)8-16(11)23-19(24)13(10-22)6-12-7-15(21)18(26-3)9-17(12)25-2/h4-9H,1-3H3,(H,23,24)/b13-6+. The molecule has 0 spiro atoms. The summed E-state index contributed by atoms with van der Waals surface area (Å²) in [6.45, 7) is 1.83. The van der Waals surface area contributed by atoms with E-state index in [1.165, 1.54) is 20.3 Å². The Hall–Kier alpha value is -2.68. The second kappa shape index (κ2) is 8.61. The molecule has 0 heterocycles. The van der Waals surface area contributed by atoms with E-state index >= 15 is 0 Å². The molecule has 0 atom stereocenters. The van der Waals surface area contributed by atoms with E-state index in [1.807, 2.05) is 13.0 Å². The number of ether oxygens (including phenoxy) is 2. The first-order chi connectivity index (χ1) is 12.4. The van der Waals surface area contributed by atoms with Gasteiger partial charge in [-0.15, -0.1) is 0 Å². The van der Waals surface area contributed by atoms with Crippen LogP contribution in [0.4, 0.5) is 5.69 Å². The Morgan fingerprint density at radius 3 is 2.46 bits per heavy atom. The number of hydrogen-bond acceptors (Lipinski definition) is 4. The fourth-order valence-electron chi connectivity index (χ4n) is 2.22. The molecule has 0 radical (unpaired) electrons. The molecule has 2 aromatic rings. The monoisotopic (exact) mass is 390 g/mol. The largest absolute Gasteiger partial charge is 0.496 e. The molecule has 0 saturated heterocycles. The van der Waals surface area contributed by atoms with Gasteiger partial charge in [-0.2, -0.15) is 5.26 Å². The number of carbonyl (C=O) groups is 1. The number of nitrogens with zero attached hydrogens (tertiary/aromatic N) is 1. The summed E-state index contributed by atoms with van der Waals surface area (Å²) < 4.78 is 10.4. The number of halogens is 2. The van der Waals surface area contributed by atoms with E-state index in [0.29, 0.717) is 32.8 Å². The number of anilines is 1. The van der Waals surface area contributed by atoms with E-state index in [1.54, 1.807) is 30.3 Å². The van der Waals surface area contributed by atoms with Gasteiger partial charge in [0.1, 0.15) is 23.1 Å². The highest BCUT2D eigenvalue weighted by atomic mass is 35.5. The van der Waals surface area contributed by atoms with Crippen molar-refractivity contribution in [2.75, 3.05) is 19.5 Å². The lowest BCUT2D eigenvalue weighted by Crippen LogP contribution is -2.14. The highest BCUT2D eigenvalue weighted by Gasteiger charge is 2.14. The first kappa shape index (κ1) is 19.6. The van der Waals surface area contributed by atoms with Crippen molar-refractivity contribution in [3.8, 4) is 17.6 Å². The van der Waals surface area contributed by atoms with Crippen LogP contribution in [0.25, 0.3) is 6.08 Å². The number of hydrogen-bond donors (Lipinski definition) is 1. The van der Waals surface area contributed by atoms with Crippen LogP contribution < -0.4 is 14.8 Å². The fraction of sp³-hybridized carbons (Fsp3) is 0.158. The van der Waals surface area contributed by atoms with E-state index < -0.39 is 5.91 Å². The zero-order valence-electron chi connectivity index (χ0n) is 14.4. The van der Waals surface area contributed by atoms with Crippen LogP contribution in [0.3, 0.4) is 0 Å². The number of aryl methyl sites for hydroxylation is 1. The molecule has 0 aliphatic carbocycles. The van der Waals surface area contributed by atoms with Gasteiger partial charge in [0.25, 0.3) is 5.91 Å². The molecule has 0 unspecified atom stereocenters. The van der Waals surface area contributed by atoms with E-state index in [9.17, 15) is 10.1 Å². The van der Waals surface area contributed by atoms with E-state index in [0.717, 1.165) is 5.56 Å². The lowest BCUT2D eigenvalue weighted by molar-refractivity contribution is -0.112. The summed E-state index contributed by atoms with van der Waals surface area (Å²) in [5.74, 6) is 0.288. The average Bonchev–Trinajstić information content (AvgIpc) is 2.62. The maximum absolute atomic E-state index is 12.5. The quantitative estimate of drug-likeness (QED) is 0.584. The molecule has 1 amide bonds. The number of nitrogens with one attached hydrogen (secondary N) is 1. The molecule has 2 rings (SSSR count). The van der Waals surface area contributed by atoms with Crippen LogP contribution in [0, 0.1) is 18.3 Å². The molecule has 0 fully saturated rings. The second-order valence-corrected chi connectivity index (χ2v) is 6.16. The predicted octanol–water partition coefficient (Wildman–Crippen LogP) is 4.86. The van der Waals surface area contributed by atoms with Crippen molar-refractivity contribution in [3.05, 3.63) is 57.1 Å². The van der Waals surface area contributed by atoms with Crippen LogP contribution in [-0.2, 0) is 4.79 Å². The third kappa shape index (κ3) is 4.48. The Balaban J connectivity index is 2.38. The molecule has 2 aromatic carbocycles. The Labute approximate surface area is 161 Å². The molecule has 0 aliphatic rings. The maximum atomic E-state index is 12.5. The molecule has 7 heteroatoms. The molecular weight excluding hydrogens is 375 g/mol. The number of rotatable bonds is 5. The van der Waals surface area contributed by atoms with E-state index in [-0.39, 0.29) is 5.57 Å². The Kier molecular flexibility index (Phi) is 6.51. The van der Waals surface area contributed by atoms with Crippen LogP contribution in [0.2, 0.25) is 10.0 Å².